The van der Waals surface area contributed by atoms with Gasteiger partial charge in [0.1, 0.15) is 0 Å². The number of halogens is 2. The van der Waals surface area contributed by atoms with Gasteiger partial charge in [0.05, 0.1) is 10.6 Å². The Bertz CT molecular complexity index is 602. The number of amides is 1. The zero-order valence-corrected chi connectivity index (χ0v) is 11.8. The normalized spacial score (nSPS) is 10.3. The second-order valence-electron chi connectivity index (χ2n) is 4.11. The summed E-state index contributed by atoms with van der Waals surface area (Å²) < 4.78 is 0. The molecule has 0 saturated carbocycles. The minimum absolute atomic E-state index is 0.182. The first-order valence-electron chi connectivity index (χ1n) is 5.68. The van der Waals surface area contributed by atoms with Crippen molar-refractivity contribution in [1.29, 1.82) is 0 Å². The molecule has 0 atom stereocenters. The van der Waals surface area contributed by atoms with Crippen LogP contribution in [0.3, 0.4) is 0 Å². The van der Waals surface area contributed by atoms with Crippen LogP contribution in [0.5, 0.6) is 0 Å². The molecule has 98 valence electrons. The van der Waals surface area contributed by atoms with Crippen molar-refractivity contribution in [3.63, 3.8) is 0 Å². The van der Waals surface area contributed by atoms with Crippen LogP contribution in [0.25, 0.3) is 0 Å². The van der Waals surface area contributed by atoms with Gasteiger partial charge in [-0.2, -0.15) is 0 Å². The van der Waals surface area contributed by atoms with E-state index in [4.69, 9.17) is 23.2 Å². The molecule has 0 saturated heterocycles. The molecule has 0 aliphatic rings. The fourth-order valence-corrected chi connectivity index (χ4v) is 2.08. The maximum atomic E-state index is 12.2. The number of rotatable bonds is 3. The van der Waals surface area contributed by atoms with Crippen molar-refractivity contribution >= 4 is 29.1 Å². The van der Waals surface area contributed by atoms with Gasteiger partial charge < -0.3 is 4.90 Å². The highest BCUT2D eigenvalue weighted by molar-refractivity contribution is 6.33. The molecule has 2 aromatic rings. The number of nitrogens with zero attached hydrogens (tertiary/aromatic N) is 2. The van der Waals surface area contributed by atoms with Gasteiger partial charge in [-0.1, -0.05) is 41.4 Å². The second-order valence-corrected chi connectivity index (χ2v) is 4.92. The van der Waals surface area contributed by atoms with E-state index >= 15 is 0 Å². The SMILES string of the molecule is CN(Cc1ccccc1Cl)C(=O)c1cnccc1Cl. The predicted molar refractivity (Wildman–Crippen MR) is 76.5 cm³/mol. The number of carbonyl (C=O) groups excluding carboxylic acids is 1. The molecular formula is C14H12Cl2N2O. The van der Waals surface area contributed by atoms with Gasteiger partial charge in [0.15, 0.2) is 0 Å². The van der Waals surface area contributed by atoms with E-state index in [1.165, 1.54) is 6.20 Å². The van der Waals surface area contributed by atoms with Crippen LogP contribution < -0.4 is 0 Å². The lowest BCUT2D eigenvalue weighted by Gasteiger charge is -2.18. The summed E-state index contributed by atoms with van der Waals surface area (Å²) in [6.07, 6.45) is 3.01. The molecule has 1 aromatic carbocycles. The molecule has 5 heteroatoms. The lowest BCUT2D eigenvalue weighted by molar-refractivity contribution is 0.0785. The van der Waals surface area contributed by atoms with E-state index in [2.05, 4.69) is 4.98 Å². The first-order chi connectivity index (χ1) is 9.09. The number of pyridine rings is 1. The molecule has 1 amide bonds. The van der Waals surface area contributed by atoms with Crippen molar-refractivity contribution in [1.82, 2.24) is 9.88 Å². The molecule has 1 aromatic heterocycles. The van der Waals surface area contributed by atoms with Gasteiger partial charge in [0.25, 0.3) is 5.91 Å². The third kappa shape index (κ3) is 3.25. The minimum atomic E-state index is -0.182. The molecule has 0 radical (unpaired) electrons. The Morgan fingerprint density at radius 3 is 2.63 bits per heavy atom. The van der Waals surface area contributed by atoms with Crippen LogP contribution in [0, 0.1) is 0 Å². The standard InChI is InChI=1S/C14H12Cl2N2O/c1-18(9-10-4-2-3-5-12(10)15)14(19)11-8-17-7-6-13(11)16/h2-8H,9H2,1H3. The lowest BCUT2D eigenvalue weighted by Crippen LogP contribution is -2.26. The van der Waals surface area contributed by atoms with Crippen molar-refractivity contribution in [2.45, 2.75) is 6.54 Å². The Morgan fingerprint density at radius 2 is 1.95 bits per heavy atom. The van der Waals surface area contributed by atoms with E-state index in [1.54, 1.807) is 30.3 Å². The van der Waals surface area contributed by atoms with Crippen molar-refractivity contribution < 1.29 is 4.79 Å². The summed E-state index contributed by atoms with van der Waals surface area (Å²) in [7, 11) is 1.70. The summed E-state index contributed by atoms with van der Waals surface area (Å²) in [5.41, 5.74) is 1.28. The van der Waals surface area contributed by atoms with Crippen LogP contribution in [0.15, 0.2) is 42.7 Å². The molecule has 0 aliphatic carbocycles. The van der Waals surface area contributed by atoms with Crippen LogP contribution in [0.4, 0.5) is 0 Å². The largest absolute Gasteiger partial charge is 0.337 e. The Labute approximate surface area is 121 Å². The Kier molecular flexibility index (Phi) is 4.40. The molecule has 0 spiro atoms. The van der Waals surface area contributed by atoms with Gasteiger partial charge in [0, 0.05) is 31.0 Å². The van der Waals surface area contributed by atoms with Gasteiger partial charge >= 0.3 is 0 Å². The molecule has 0 fully saturated rings. The van der Waals surface area contributed by atoms with E-state index < -0.39 is 0 Å². The molecule has 1 heterocycles. The van der Waals surface area contributed by atoms with Crippen molar-refractivity contribution in [3.05, 3.63) is 63.9 Å². The smallest absolute Gasteiger partial charge is 0.256 e. The Balaban J connectivity index is 2.17. The van der Waals surface area contributed by atoms with Crippen molar-refractivity contribution in [2.75, 3.05) is 7.05 Å². The fourth-order valence-electron chi connectivity index (χ4n) is 1.69. The number of hydrogen-bond donors (Lipinski definition) is 0. The maximum Gasteiger partial charge on any atom is 0.256 e. The highest BCUT2D eigenvalue weighted by Crippen LogP contribution is 2.19. The predicted octanol–water partition coefficient (Wildman–Crippen LogP) is 3.66. The minimum Gasteiger partial charge on any atom is -0.337 e. The summed E-state index contributed by atoms with van der Waals surface area (Å²) in [5, 5.41) is 1.03. The summed E-state index contributed by atoms with van der Waals surface area (Å²) >= 11 is 12.1. The van der Waals surface area contributed by atoms with E-state index in [-0.39, 0.29) is 5.91 Å². The highest BCUT2D eigenvalue weighted by Gasteiger charge is 2.16. The van der Waals surface area contributed by atoms with Gasteiger partial charge in [-0.3, -0.25) is 9.78 Å². The quantitative estimate of drug-likeness (QED) is 0.865. The van der Waals surface area contributed by atoms with E-state index in [0.717, 1.165) is 5.56 Å². The van der Waals surface area contributed by atoms with Gasteiger partial charge in [-0.05, 0) is 17.7 Å². The third-order valence-corrected chi connectivity index (χ3v) is 3.41. The molecule has 19 heavy (non-hydrogen) atoms. The number of aromatic nitrogens is 1. The highest BCUT2D eigenvalue weighted by atomic mass is 35.5. The lowest BCUT2D eigenvalue weighted by atomic mass is 10.2. The fraction of sp³-hybridized carbons (Fsp3) is 0.143. The van der Waals surface area contributed by atoms with Crippen LogP contribution in [0.1, 0.15) is 15.9 Å². The third-order valence-electron chi connectivity index (χ3n) is 2.71. The summed E-state index contributed by atoms with van der Waals surface area (Å²) in [6.45, 7) is 0.420. The van der Waals surface area contributed by atoms with Crippen LogP contribution in [-0.4, -0.2) is 22.8 Å². The summed E-state index contributed by atoms with van der Waals surface area (Å²) in [5.74, 6) is -0.182. The molecule has 0 unspecified atom stereocenters. The zero-order valence-electron chi connectivity index (χ0n) is 10.3. The topological polar surface area (TPSA) is 33.2 Å². The molecule has 2 rings (SSSR count). The van der Waals surface area contributed by atoms with Crippen LogP contribution >= 0.6 is 23.2 Å². The van der Waals surface area contributed by atoms with E-state index in [1.807, 2.05) is 18.2 Å². The Morgan fingerprint density at radius 1 is 1.21 bits per heavy atom. The number of carbonyl (C=O) groups is 1. The number of hydrogen-bond acceptors (Lipinski definition) is 2. The first kappa shape index (κ1) is 13.8. The molecule has 0 N–H and O–H groups in total. The zero-order chi connectivity index (χ0) is 13.8. The maximum absolute atomic E-state index is 12.2. The molecule has 0 aliphatic heterocycles. The molecule has 3 nitrogen and oxygen atoms in total. The van der Waals surface area contributed by atoms with Gasteiger partial charge in [0.2, 0.25) is 0 Å². The van der Waals surface area contributed by atoms with Gasteiger partial charge in [-0.15, -0.1) is 0 Å². The van der Waals surface area contributed by atoms with Crippen LogP contribution in [-0.2, 0) is 6.54 Å². The summed E-state index contributed by atoms with van der Waals surface area (Å²) in [6, 6.07) is 9.02. The Hall–Kier alpha value is -1.58. The molecular weight excluding hydrogens is 283 g/mol. The van der Waals surface area contributed by atoms with Crippen molar-refractivity contribution in [3.8, 4) is 0 Å². The average molecular weight is 295 g/mol. The molecule has 0 bridgehead atoms. The number of benzene rings is 1. The average Bonchev–Trinajstić information content (AvgIpc) is 2.41. The monoisotopic (exact) mass is 294 g/mol. The summed E-state index contributed by atoms with van der Waals surface area (Å²) in [4.78, 5) is 17.7. The van der Waals surface area contributed by atoms with E-state index in [0.29, 0.717) is 22.2 Å². The first-order valence-corrected chi connectivity index (χ1v) is 6.43. The van der Waals surface area contributed by atoms with Crippen molar-refractivity contribution in [2.24, 2.45) is 0 Å². The second kappa shape index (κ2) is 6.04. The van der Waals surface area contributed by atoms with Gasteiger partial charge in [-0.25, -0.2) is 0 Å². The van der Waals surface area contributed by atoms with Crippen LogP contribution in [0.2, 0.25) is 10.0 Å². The van der Waals surface area contributed by atoms with E-state index in [9.17, 15) is 4.79 Å².